The van der Waals surface area contributed by atoms with E-state index in [4.69, 9.17) is 10.5 Å². The molecule has 2 heterocycles. The van der Waals surface area contributed by atoms with Crippen molar-refractivity contribution in [1.29, 1.82) is 0 Å². The van der Waals surface area contributed by atoms with E-state index in [0.717, 1.165) is 46.0 Å². The van der Waals surface area contributed by atoms with Crippen LogP contribution in [0.2, 0.25) is 0 Å². The Morgan fingerprint density at radius 2 is 1.84 bits per heavy atom. The molecule has 0 bridgehead atoms. The highest BCUT2D eigenvalue weighted by Crippen LogP contribution is 2.40. The predicted molar refractivity (Wildman–Crippen MR) is 122 cm³/mol. The van der Waals surface area contributed by atoms with Gasteiger partial charge in [0.15, 0.2) is 0 Å². The minimum Gasteiger partial charge on any atom is -0.437 e. The lowest BCUT2D eigenvalue weighted by Crippen LogP contribution is -2.13. The Labute approximate surface area is 180 Å². The topological polar surface area (TPSA) is 90.1 Å². The number of carbonyl (C=O) groups is 1. The fourth-order valence-corrected chi connectivity index (χ4v) is 3.71. The van der Waals surface area contributed by atoms with Crippen LogP contribution in [0.3, 0.4) is 0 Å². The van der Waals surface area contributed by atoms with Gasteiger partial charge in [-0.25, -0.2) is 9.97 Å². The number of amides is 1. The van der Waals surface area contributed by atoms with Gasteiger partial charge in [-0.3, -0.25) is 4.79 Å². The van der Waals surface area contributed by atoms with E-state index in [0.29, 0.717) is 17.4 Å². The van der Waals surface area contributed by atoms with Gasteiger partial charge in [-0.05, 0) is 61.2 Å². The second-order valence-corrected chi connectivity index (χ2v) is 7.81. The van der Waals surface area contributed by atoms with Gasteiger partial charge in [0.2, 0.25) is 11.8 Å². The van der Waals surface area contributed by atoms with Gasteiger partial charge in [0.25, 0.3) is 0 Å². The molecule has 1 aliphatic rings. The number of anilines is 2. The molecular weight excluding hydrogens is 388 g/mol. The van der Waals surface area contributed by atoms with Crippen LogP contribution < -0.4 is 15.8 Å². The highest BCUT2D eigenvalue weighted by molar-refractivity contribution is 6.06. The van der Waals surface area contributed by atoms with Gasteiger partial charge in [0, 0.05) is 40.3 Å². The normalized spacial score (nSPS) is 13.2. The summed E-state index contributed by atoms with van der Waals surface area (Å²) in [5.74, 6) is 1.85. The van der Waals surface area contributed by atoms with Gasteiger partial charge in [-0.2, -0.15) is 0 Å². The molecule has 0 atom stereocenters. The van der Waals surface area contributed by atoms with E-state index in [-0.39, 0.29) is 11.8 Å². The number of nitrogens with zero attached hydrogens (tertiary/aromatic N) is 2. The van der Waals surface area contributed by atoms with Crippen LogP contribution in [-0.2, 0) is 4.79 Å². The molecule has 6 heteroatoms. The van der Waals surface area contributed by atoms with Gasteiger partial charge in [0.05, 0.1) is 0 Å². The van der Waals surface area contributed by atoms with E-state index in [1.165, 1.54) is 0 Å². The number of nitrogens with one attached hydrogen (secondary N) is 1. The van der Waals surface area contributed by atoms with E-state index < -0.39 is 0 Å². The first kappa shape index (κ1) is 19.1. The minimum atomic E-state index is 0.0838. The first-order valence-corrected chi connectivity index (χ1v) is 10.3. The largest absolute Gasteiger partial charge is 0.437 e. The quantitative estimate of drug-likeness (QED) is 0.464. The van der Waals surface area contributed by atoms with E-state index in [2.05, 4.69) is 15.3 Å². The zero-order valence-electron chi connectivity index (χ0n) is 17.1. The molecule has 0 spiro atoms. The Morgan fingerprint density at radius 1 is 1.03 bits per heavy atom. The van der Waals surface area contributed by atoms with Crippen LogP contribution in [0.15, 0.2) is 67.0 Å². The van der Waals surface area contributed by atoms with Crippen LogP contribution in [-0.4, -0.2) is 15.9 Å². The third-order valence-electron chi connectivity index (χ3n) is 5.45. The SMILES string of the molecule is Cc1cc(NC(=O)C2CC2)c2ccccc2c1Oc1ncccc1-c1ccnc(N)c1. The maximum absolute atomic E-state index is 12.4. The third kappa shape index (κ3) is 3.80. The number of hydrogen-bond acceptors (Lipinski definition) is 5. The lowest BCUT2D eigenvalue weighted by Gasteiger charge is -2.17. The molecule has 0 aliphatic heterocycles. The lowest BCUT2D eigenvalue weighted by molar-refractivity contribution is -0.117. The maximum Gasteiger partial charge on any atom is 0.227 e. The average molecular weight is 410 g/mol. The standard InChI is InChI=1S/C25H22N4O2/c1-15-13-21(29-24(30)16-8-9-16)19-5-2-3-6-20(19)23(15)31-25-18(7-4-11-28-25)17-10-12-27-22(26)14-17/h2-7,10-14,16H,8-9H2,1H3,(H2,26,27)(H,29,30). The van der Waals surface area contributed by atoms with Crippen molar-refractivity contribution in [1.82, 2.24) is 9.97 Å². The zero-order chi connectivity index (χ0) is 21.4. The summed E-state index contributed by atoms with van der Waals surface area (Å²) in [4.78, 5) is 20.9. The van der Waals surface area contributed by atoms with E-state index >= 15 is 0 Å². The smallest absolute Gasteiger partial charge is 0.227 e. The van der Waals surface area contributed by atoms with Crippen LogP contribution in [0.1, 0.15) is 18.4 Å². The number of aromatic nitrogens is 2. The Balaban J connectivity index is 1.58. The van der Waals surface area contributed by atoms with Crippen molar-refractivity contribution < 1.29 is 9.53 Å². The third-order valence-corrected chi connectivity index (χ3v) is 5.45. The molecule has 0 unspecified atom stereocenters. The second kappa shape index (κ2) is 7.72. The van der Waals surface area contributed by atoms with Crippen LogP contribution in [0, 0.1) is 12.8 Å². The predicted octanol–water partition coefficient (Wildman–Crippen LogP) is 5.33. The second-order valence-electron chi connectivity index (χ2n) is 7.81. The van der Waals surface area contributed by atoms with E-state index in [1.807, 2.05) is 55.5 Å². The van der Waals surface area contributed by atoms with Crippen molar-refractivity contribution in [2.24, 2.45) is 5.92 Å². The van der Waals surface area contributed by atoms with Gasteiger partial charge in [-0.1, -0.05) is 24.3 Å². The van der Waals surface area contributed by atoms with Gasteiger partial charge in [0.1, 0.15) is 11.6 Å². The molecule has 1 fully saturated rings. The summed E-state index contributed by atoms with van der Waals surface area (Å²) in [6.07, 6.45) is 5.29. The summed E-state index contributed by atoms with van der Waals surface area (Å²) in [6, 6.07) is 17.4. The lowest BCUT2D eigenvalue weighted by atomic mass is 10.0. The maximum atomic E-state index is 12.4. The van der Waals surface area contributed by atoms with Crippen LogP contribution in [0.25, 0.3) is 21.9 Å². The molecule has 4 aromatic rings. The molecule has 2 aromatic carbocycles. The Kier molecular flexibility index (Phi) is 4.75. The fourth-order valence-electron chi connectivity index (χ4n) is 3.71. The zero-order valence-corrected chi connectivity index (χ0v) is 17.1. The van der Waals surface area contributed by atoms with Crippen LogP contribution in [0.5, 0.6) is 11.6 Å². The van der Waals surface area contributed by atoms with Crippen molar-refractivity contribution in [3.05, 3.63) is 72.6 Å². The molecule has 2 aromatic heterocycles. The molecule has 1 aliphatic carbocycles. The number of fused-ring (bicyclic) bond motifs is 1. The summed E-state index contributed by atoms with van der Waals surface area (Å²) < 4.78 is 6.38. The highest BCUT2D eigenvalue weighted by Gasteiger charge is 2.30. The highest BCUT2D eigenvalue weighted by atomic mass is 16.5. The molecule has 154 valence electrons. The molecule has 1 saturated carbocycles. The number of nitrogens with two attached hydrogens (primary N) is 1. The average Bonchev–Trinajstić information content (AvgIpc) is 3.62. The van der Waals surface area contributed by atoms with Crippen molar-refractivity contribution in [2.75, 3.05) is 11.1 Å². The van der Waals surface area contributed by atoms with Crippen LogP contribution >= 0.6 is 0 Å². The van der Waals surface area contributed by atoms with Crippen molar-refractivity contribution >= 4 is 28.2 Å². The molecular formula is C25H22N4O2. The molecule has 3 N–H and O–H groups in total. The summed E-state index contributed by atoms with van der Waals surface area (Å²) in [5.41, 5.74) is 9.30. The first-order chi connectivity index (χ1) is 15.1. The number of carbonyl (C=O) groups excluding carboxylic acids is 1. The molecule has 1 amide bonds. The molecule has 31 heavy (non-hydrogen) atoms. The number of benzene rings is 2. The molecule has 0 radical (unpaired) electrons. The van der Waals surface area contributed by atoms with Gasteiger partial charge < -0.3 is 15.8 Å². The molecule has 5 rings (SSSR count). The summed E-state index contributed by atoms with van der Waals surface area (Å²) in [6.45, 7) is 1.97. The monoisotopic (exact) mass is 410 g/mol. The van der Waals surface area contributed by atoms with Gasteiger partial charge >= 0.3 is 0 Å². The minimum absolute atomic E-state index is 0.0838. The number of nitrogen functional groups attached to an aromatic ring is 1. The Bertz CT molecular complexity index is 1300. The van der Waals surface area contributed by atoms with Crippen molar-refractivity contribution in [3.63, 3.8) is 0 Å². The van der Waals surface area contributed by atoms with Crippen molar-refractivity contribution in [3.8, 4) is 22.8 Å². The van der Waals surface area contributed by atoms with E-state index in [9.17, 15) is 4.79 Å². The summed E-state index contributed by atoms with van der Waals surface area (Å²) in [7, 11) is 0. The number of ether oxygens (including phenoxy) is 1. The first-order valence-electron chi connectivity index (χ1n) is 10.3. The number of rotatable bonds is 5. The molecule has 0 saturated heterocycles. The van der Waals surface area contributed by atoms with E-state index in [1.54, 1.807) is 18.5 Å². The number of aryl methyl sites for hydroxylation is 1. The fraction of sp³-hybridized carbons (Fsp3) is 0.160. The Morgan fingerprint density at radius 3 is 2.61 bits per heavy atom. The number of pyridine rings is 2. The van der Waals surface area contributed by atoms with Crippen LogP contribution in [0.4, 0.5) is 11.5 Å². The van der Waals surface area contributed by atoms with Crippen molar-refractivity contribution in [2.45, 2.75) is 19.8 Å². The van der Waals surface area contributed by atoms with Gasteiger partial charge in [-0.15, -0.1) is 0 Å². The summed E-state index contributed by atoms with van der Waals surface area (Å²) in [5, 5.41) is 4.94. The summed E-state index contributed by atoms with van der Waals surface area (Å²) >= 11 is 0. The number of hydrogen-bond donors (Lipinski definition) is 2. The molecule has 6 nitrogen and oxygen atoms in total. The Hall–Kier alpha value is -3.93.